The Bertz CT molecular complexity index is 277. The summed E-state index contributed by atoms with van der Waals surface area (Å²) in [5.41, 5.74) is 0. The topological polar surface area (TPSA) is 55.9 Å². The summed E-state index contributed by atoms with van der Waals surface area (Å²) in [6, 6.07) is 0. The lowest BCUT2D eigenvalue weighted by Crippen LogP contribution is -2.19. The van der Waals surface area contributed by atoms with Crippen molar-refractivity contribution in [2.45, 2.75) is 31.8 Å². The Morgan fingerprint density at radius 2 is 2.07 bits per heavy atom. The maximum absolute atomic E-state index is 11.3. The van der Waals surface area contributed by atoms with Crippen LogP contribution in [-0.2, 0) is 19.0 Å². The highest BCUT2D eigenvalue weighted by molar-refractivity contribution is 7.86. The van der Waals surface area contributed by atoms with Crippen molar-refractivity contribution in [1.29, 1.82) is 0 Å². The van der Waals surface area contributed by atoms with Crippen LogP contribution in [0, 0.1) is 5.92 Å². The van der Waals surface area contributed by atoms with Crippen molar-refractivity contribution in [3.63, 3.8) is 0 Å². The first-order chi connectivity index (χ1) is 6.66. The van der Waals surface area contributed by atoms with E-state index in [4.69, 9.17) is 8.92 Å². The molecule has 1 aliphatic carbocycles. The second-order valence-corrected chi connectivity index (χ2v) is 5.85. The van der Waals surface area contributed by atoms with Gasteiger partial charge >= 0.3 is 0 Å². The van der Waals surface area contributed by atoms with Gasteiger partial charge in [-0.2, -0.15) is 8.42 Å². The van der Waals surface area contributed by atoms with Gasteiger partial charge in [-0.25, -0.2) is 0 Å². The molecule has 0 aromatic rings. The van der Waals surface area contributed by atoms with Crippen LogP contribution in [-0.4, -0.2) is 33.5 Å². The summed E-state index contributed by atoms with van der Waals surface area (Å²) in [6.07, 6.45) is 4.39. The van der Waals surface area contributed by atoms with E-state index in [0.717, 1.165) is 6.42 Å². The highest BCUT2D eigenvalue weighted by Gasteiger charge is 2.26. The van der Waals surface area contributed by atoms with Crippen LogP contribution in [0.15, 0.2) is 0 Å². The zero-order valence-electron chi connectivity index (χ0n) is 8.15. The zero-order valence-corrected chi connectivity index (χ0v) is 8.96. The van der Waals surface area contributed by atoms with Gasteiger partial charge in [0.1, 0.15) is 6.10 Å². The fourth-order valence-corrected chi connectivity index (χ4v) is 2.59. The van der Waals surface area contributed by atoms with E-state index in [1.54, 1.807) is 0 Å². The molecule has 1 saturated heterocycles. The van der Waals surface area contributed by atoms with E-state index >= 15 is 0 Å². The van der Waals surface area contributed by atoms with E-state index in [9.17, 15) is 8.42 Å². The predicted octanol–water partition coefficient (Wildman–Crippen LogP) is 0.922. The SMILES string of the molecule is O=S(=O)(CCC1CCC1)OCC1CO1. The summed E-state index contributed by atoms with van der Waals surface area (Å²) in [4.78, 5) is 0. The molecule has 0 amide bonds. The second-order valence-electron chi connectivity index (χ2n) is 4.09. The lowest BCUT2D eigenvalue weighted by molar-refractivity contribution is 0.260. The monoisotopic (exact) mass is 220 g/mol. The summed E-state index contributed by atoms with van der Waals surface area (Å²) in [5.74, 6) is 0.787. The van der Waals surface area contributed by atoms with E-state index < -0.39 is 10.1 Å². The molecule has 2 rings (SSSR count). The summed E-state index contributed by atoms with van der Waals surface area (Å²) >= 11 is 0. The molecule has 1 aliphatic heterocycles. The fourth-order valence-electron chi connectivity index (χ4n) is 1.50. The average molecular weight is 220 g/mol. The van der Waals surface area contributed by atoms with Crippen molar-refractivity contribution >= 4 is 10.1 Å². The summed E-state index contributed by atoms with van der Waals surface area (Å²) < 4.78 is 32.4. The third-order valence-electron chi connectivity index (χ3n) is 2.84. The zero-order chi connectivity index (χ0) is 10.0. The van der Waals surface area contributed by atoms with Gasteiger partial charge < -0.3 is 4.74 Å². The van der Waals surface area contributed by atoms with Crippen LogP contribution < -0.4 is 0 Å². The Balaban J connectivity index is 1.64. The summed E-state index contributed by atoms with van der Waals surface area (Å²) in [6.45, 7) is 0.838. The van der Waals surface area contributed by atoms with Gasteiger partial charge in [-0.3, -0.25) is 4.18 Å². The molecule has 1 unspecified atom stereocenters. The molecule has 0 bridgehead atoms. The molecular formula is C9H16O4S. The van der Waals surface area contributed by atoms with Gasteiger partial charge in [0.15, 0.2) is 0 Å². The molecule has 2 aliphatic rings. The van der Waals surface area contributed by atoms with Crippen molar-refractivity contribution in [3.05, 3.63) is 0 Å². The van der Waals surface area contributed by atoms with Gasteiger partial charge in [0.2, 0.25) is 0 Å². The number of hydrogen-bond donors (Lipinski definition) is 0. The highest BCUT2D eigenvalue weighted by Crippen LogP contribution is 2.29. The Hall–Kier alpha value is -0.130. The Morgan fingerprint density at radius 1 is 1.36 bits per heavy atom. The Morgan fingerprint density at radius 3 is 2.57 bits per heavy atom. The minimum atomic E-state index is -3.29. The predicted molar refractivity (Wildman–Crippen MR) is 51.4 cm³/mol. The third-order valence-corrected chi connectivity index (χ3v) is 4.07. The lowest BCUT2D eigenvalue weighted by atomic mass is 9.84. The average Bonchev–Trinajstić information content (AvgIpc) is 2.80. The van der Waals surface area contributed by atoms with Crippen molar-refractivity contribution in [3.8, 4) is 0 Å². The third kappa shape index (κ3) is 3.22. The summed E-state index contributed by atoms with van der Waals surface area (Å²) in [5, 5.41) is 0. The second kappa shape index (κ2) is 4.16. The maximum atomic E-state index is 11.3. The minimum Gasteiger partial charge on any atom is -0.371 e. The molecule has 0 radical (unpaired) electrons. The molecule has 5 heteroatoms. The number of hydrogen-bond acceptors (Lipinski definition) is 4. The fraction of sp³-hybridized carbons (Fsp3) is 1.00. The normalized spacial score (nSPS) is 27.3. The number of ether oxygens (including phenoxy) is 1. The first-order valence-electron chi connectivity index (χ1n) is 5.14. The molecule has 14 heavy (non-hydrogen) atoms. The van der Waals surface area contributed by atoms with Gasteiger partial charge in [-0.1, -0.05) is 19.3 Å². The standard InChI is InChI=1S/C9H16O4S/c10-14(11,13-7-9-6-12-9)5-4-8-2-1-3-8/h8-9H,1-7H2. The van der Waals surface area contributed by atoms with Gasteiger partial charge in [-0.15, -0.1) is 0 Å². The van der Waals surface area contributed by atoms with E-state index in [1.807, 2.05) is 0 Å². The molecular weight excluding hydrogens is 204 g/mol. The molecule has 0 N–H and O–H groups in total. The molecule has 82 valence electrons. The van der Waals surface area contributed by atoms with E-state index in [2.05, 4.69) is 0 Å². The van der Waals surface area contributed by atoms with E-state index in [1.165, 1.54) is 19.3 Å². The first kappa shape index (κ1) is 10.4. The van der Waals surface area contributed by atoms with Crippen molar-refractivity contribution in [1.82, 2.24) is 0 Å². The van der Waals surface area contributed by atoms with Crippen LogP contribution in [0.1, 0.15) is 25.7 Å². The van der Waals surface area contributed by atoms with Gasteiger partial charge in [0, 0.05) is 0 Å². The van der Waals surface area contributed by atoms with Crippen LogP contribution in [0.2, 0.25) is 0 Å². The van der Waals surface area contributed by atoms with Crippen LogP contribution in [0.3, 0.4) is 0 Å². The molecule has 1 saturated carbocycles. The van der Waals surface area contributed by atoms with Gasteiger partial charge in [0.05, 0.1) is 19.0 Å². The van der Waals surface area contributed by atoms with E-state index in [-0.39, 0.29) is 18.5 Å². The molecule has 1 atom stereocenters. The van der Waals surface area contributed by atoms with Crippen LogP contribution in [0.5, 0.6) is 0 Å². The van der Waals surface area contributed by atoms with Crippen LogP contribution in [0.4, 0.5) is 0 Å². The molecule has 1 heterocycles. The van der Waals surface area contributed by atoms with E-state index in [0.29, 0.717) is 12.5 Å². The highest BCUT2D eigenvalue weighted by atomic mass is 32.2. The molecule has 0 spiro atoms. The van der Waals surface area contributed by atoms with Crippen molar-refractivity contribution in [2.24, 2.45) is 5.92 Å². The molecule has 0 aromatic heterocycles. The van der Waals surface area contributed by atoms with Crippen molar-refractivity contribution in [2.75, 3.05) is 19.0 Å². The molecule has 0 aromatic carbocycles. The van der Waals surface area contributed by atoms with Gasteiger partial charge in [0.25, 0.3) is 10.1 Å². The number of epoxide rings is 1. The maximum Gasteiger partial charge on any atom is 0.267 e. The smallest absolute Gasteiger partial charge is 0.267 e. The van der Waals surface area contributed by atoms with Crippen molar-refractivity contribution < 1.29 is 17.3 Å². The summed E-state index contributed by atoms with van der Waals surface area (Å²) in [7, 11) is -3.29. The largest absolute Gasteiger partial charge is 0.371 e. The Labute approximate surface area is 84.7 Å². The molecule has 2 fully saturated rings. The van der Waals surface area contributed by atoms with Crippen LogP contribution >= 0.6 is 0 Å². The molecule has 4 nitrogen and oxygen atoms in total. The number of rotatable bonds is 6. The minimum absolute atomic E-state index is 0.0217. The quantitative estimate of drug-likeness (QED) is 0.493. The Kier molecular flexibility index (Phi) is 3.09. The first-order valence-corrected chi connectivity index (χ1v) is 6.72. The van der Waals surface area contributed by atoms with Gasteiger partial charge in [-0.05, 0) is 12.3 Å². The lowest BCUT2D eigenvalue weighted by Gasteiger charge is -2.24. The van der Waals surface area contributed by atoms with Crippen LogP contribution in [0.25, 0.3) is 0 Å².